The average molecular weight is 334 g/mol. The Hall–Kier alpha value is -1.63. The maximum absolute atomic E-state index is 12.5. The Balaban J connectivity index is 1.63. The normalized spacial score (nSPS) is 25.6. The zero-order valence-electron chi connectivity index (χ0n) is 14.1. The highest BCUT2D eigenvalue weighted by atomic mass is 16.5. The predicted molar refractivity (Wildman–Crippen MR) is 90.2 cm³/mol. The van der Waals surface area contributed by atoms with Crippen LogP contribution in [0.5, 0.6) is 5.75 Å². The van der Waals surface area contributed by atoms with Gasteiger partial charge in [-0.3, -0.25) is 9.69 Å². The number of aliphatic hydroxyl groups is 1. The molecule has 24 heavy (non-hydrogen) atoms. The van der Waals surface area contributed by atoms with Crippen LogP contribution in [0.4, 0.5) is 0 Å². The maximum Gasteiger partial charge on any atom is 0.251 e. The molecule has 2 aliphatic heterocycles. The number of carbonyl (C=O) groups excluding carboxylic acids is 1. The number of amides is 1. The zero-order chi connectivity index (χ0) is 16.9. The van der Waals surface area contributed by atoms with Crippen LogP contribution in [0.25, 0.3) is 0 Å². The van der Waals surface area contributed by atoms with Crippen LogP contribution in [0.15, 0.2) is 24.3 Å². The van der Waals surface area contributed by atoms with Crippen molar-refractivity contribution in [3.63, 3.8) is 0 Å². The van der Waals surface area contributed by atoms with Crippen LogP contribution in [0.1, 0.15) is 23.2 Å². The van der Waals surface area contributed by atoms with Crippen LogP contribution in [0.3, 0.4) is 0 Å². The molecule has 0 bridgehead atoms. The fourth-order valence-electron chi connectivity index (χ4n) is 3.62. The molecule has 0 aliphatic carbocycles. The fraction of sp³-hybridized carbons (Fsp3) is 0.611. The summed E-state index contributed by atoms with van der Waals surface area (Å²) in [6.07, 6.45) is 2.05. The van der Waals surface area contributed by atoms with Gasteiger partial charge in [-0.05, 0) is 31.0 Å². The molecule has 1 aromatic carbocycles. The smallest absolute Gasteiger partial charge is 0.251 e. The van der Waals surface area contributed by atoms with Crippen molar-refractivity contribution >= 4 is 5.91 Å². The van der Waals surface area contributed by atoms with Crippen molar-refractivity contribution in [1.29, 1.82) is 0 Å². The first-order valence-electron chi connectivity index (χ1n) is 8.59. The standard InChI is InChI=1S/C18H26N2O4/c1-23-16-4-2-3-13(9-16)18(22)19-17-11-20(10-14(17)12-21)15-5-7-24-8-6-15/h2-4,9,14-15,17,21H,5-8,10-12H2,1H3,(H,19,22)/t14-,17+/m0/s1. The summed E-state index contributed by atoms with van der Waals surface area (Å²) in [5, 5.41) is 12.8. The minimum absolute atomic E-state index is 0.0310. The third kappa shape index (κ3) is 3.88. The van der Waals surface area contributed by atoms with Gasteiger partial charge in [-0.25, -0.2) is 0 Å². The molecule has 1 amide bonds. The lowest BCUT2D eigenvalue weighted by molar-refractivity contribution is 0.0399. The maximum atomic E-state index is 12.5. The summed E-state index contributed by atoms with van der Waals surface area (Å²) in [7, 11) is 1.58. The molecule has 132 valence electrons. The van der Waals surface area contributed by atoms with Gasteiger partial charge in [-0.15, -0.1) is 0 Å². The van der Waals surface area contributed by atoms with Gasteiger partial charge in [0.1, 0.15) is 5.75 Å². The molecular formula is C18H26N2O4. The molecule has 2 N–H and O–H groups in total. The molecule has 2 aliphatic rings. The molecule has 0 aromatic heterocycles. The predicted octanol–water partition coefficient (Wildman–Crippen LogP) is 0.897. The number of nitrogens with one attached hydrogen (secondary N) is 1. The molecule has 6 nitrogen and oxygen atoms in total. The largest absolute Gasteiger partial charge is 0.497 e. The van der Waals surface area contributed by atoms with Crippen molar-refractivity contribution in [3.8, 4) is 5.75 Å². The number of ether oxygens (including phenoxy) is 2. The van der Waals surface area contributed by atoms with E-state index >= 15 is 0 Å². The van der Waals surface area contributed by atoms with Gasteiger partial charge in [0.25, 0.3) is 5.91 Å². The van der Waals surface area contributed by atoms with E-state index in [0.717, 1.165) is 39.1 Å². The minimum atomic E-state index is -0.119. The second-order valence-corrected chi connectivity index (χ2v) is 6.55. The van der Waals surface area contributed by atoms with Crippen LogP contribution in [-0.2, 0) is 4.74 Å². The summed E-state index contributed by atoms with van der Waals surface area (Å²) < 4.78 is 10.6. The van der Waals surface area contributed by atoms with E-state index in [9.17, 15) is 9.90 Å². The second-order valence-electron chi connectivity index (χ2n) is 6.55. The number of methoxy groups -OCH3 is 1. The Bertz CT molecular complexity index is 560. The monoisotopic (exact) mass is 334 g/mol. The van der Waals surface area contributed by atoms with E-state index in [2.05, 4.69) is 10.2 Å². The first-order chi connectivity index (χ1) is 11.7. The fourth-order valence-corrected chi connectivity index (χ4v) is 3.62. The van der Waals surface area contributed by atoms with E-state index in [-0.39, 0.29) is 24.5 Å². The Morgan fingerprint density at radius 1 is 1.38 bits per heavy atom. The molecule has 3 rings (SSSR count). The van der Waals surface area contributed by atoms with Crippen molar-refractivity contribution in [3.05, 3.63) is 29.8 Å². The van der Waals surface area contributed by atoms with E-state index in [0.29, 0.717) is 17.4 Å². The van der Waals surface area contributed by atoms with Gasteiger partial charge in [0.15, 0.2) is 0 Å². The minimum Gasteiger partial charge on any atom is -0.497 e. The summed E-state index contributed by atoms with van der Waals surface area (Å²) in [5.74, 6) is 0.616. The van der Waals surface area contributed by atoms with Gasteiger partial charge in [0.05, 0.1) is 7.11 Å². The van der Waals surface area contributed by atoms with Crippen molar-refractivity contribution in [2.75, 3.05) is 40.0 Å². The van der Waals surface area contributed by atoms with Crippen LogP contribution >= 0.6 is 0 Å². The topological polar surface area (TPSA) is 71.0 Å². The number of benzene rings is 1. The van der Waals surface area contributed by atoms with Crippen LogP contribution in [0.2, 0.25) is 0 Å². The molecule has 2 fully saturated rings. The van der Waals surface area contributed by atoms with Crippen LogP contribution in [-0.4, -0.2) is 68.0 Å². The van der Waals surface area contributed by atoms with Gasteiger partial charge in [0, 0.05) is 56.5 Å². The van der Waals surface area contributed by atoms with Crippen LogP contribution in [0, 0.1) is 5.92 Å². The van der Waals surface area contributed by atoms with E-state index in [4.69, 9.17) is 9.47 Å². The number of likely N-dealkylation sites (tertiary alicyclic amines) is 1. The molecule has 0 spiro atoms. The lowest BCUT2D eigenvalue weighted by Gasteiger charge is -2.31. The first kappa shape index (κ1) is 17.2. The molecular weight excluding hydrogens is 308 g/mol. The quantitative estimate of drug-likeness (QED) is 0.837. The number of aliphatic hydroxyl groups excluding tert-OH is 1. The van der Waals surface area contributed by atoms with E-state index in [1.807, 2.05) is 6.07 Å². The number of rotatable bonds is 5. The number of nitrogens with zero attached hydrogens (tertiary/aromatic N) is 1. The van der Waals surface area contributed by atoms with Crippen molar-refractivity contribution < 1.29 is 19.4 Å². The van der Waals surface area contributed by atoms with Crippen molar-refractivity contribution in [2.24, 2.45) is 5.92 Å². The summed E-state index contributed by atoms with van der Waals surface area (Å²) in [4.78, 5) is 14.9. The van der Waals surface area contributed by atoms with E-state index in [1.165, 1.54) is 0 Å². The molecule has 2 atom stereocenters. The Morgan fingerprint density at radius 3 is 2.88 bits per heavy atom. The van der Waals surface area contributed by atoms with Crippen LogP contribution < -0.4 is 10.1 Å². The molecule has 0 radical (unpaired) electrons. The first-order valence-corrected chi connectivity index (χ1v) is 8.59. The summed E-state index contributed by atoms with van der Waals surface area (Å²) in [6.45, 7) is 3.29. The zero-order valence-corrected chi connectivity index (χ0v) is 14.1. The summed E-state index contributed by atoms with van der Waals surface area (Å²) in [5.41, 5.74) is 0.579. The average Bonchev–Trinajstić information content (AvgIpc) is 3.05. The number of hydrogen-bond acceptors (Lipinski definition) is 5. The second kappa shape index (κ2) is 7.96. The van der Waals surface area contributed by atoms with Crippen molar-refractivity contribution in [2.45, 2.75) is 24.9 Å². The summed E-state index contributed by atoms with van der Waals surface area (Å²) in [6, 6.07) is 7.59. The number of hydrogen-bond donors (Lipinski definition) is 2. The van der Waals surface area contributed by atoms with Gasteiger partial charge in [-0.1, -0.05) is 6.07 Å². The highest BCUT2D eigenvalue weighted by Crippen LogP contribution is 2.24. The highest BCUT2D eigenvalue weighted by Gasteiger charge is 2.37. The molecule has 6 heteroatoms. The van der Waals surface area contributed by atoms with E-state index in [1.54, 1.807) is 25.3 Å². The van der Waals surface area contributed by atoms with Gasteiger partial charge < -0.3 is 19.9 Å². The van der Waals surface area contributed by atoms with Gasteiger partial charge >= 0.3 is 0 Å². The lowest BCUT2D eigenvalue weighted by Crippen LogP contribution is -2.43. The van der Waals surface area contributed by atoms with Gasteiger partial charge in [-0.2, -0.15) is 0 Å². The third-order valence-electron chi connectivity index (χ3n) is 5.06. The lowest BCUT2D eigenvalue weighted by atomic mass is 10.0. The molecule has 2 saturated heterocycles. The SMILES string of the molecule is COc1cccc(C(=O)N[C@@H]2CN(C3CCOCC3)C[C@H]2CO)c1. The Labute approximate surface area is 142 Å². The Morgan fingerprint density at radius 2 is 2.17 bits per heavy atom. The van der Waals surface area contributed by atoms with Crippen molar-refractivity contribution in [1.82, 2.24) is 10.2 Å². The van der Waals surface area contributed by atoms with E-state index < -0.39 is 0 Å². The summed E-state index contributed by atoms with van der Waals surface area (Å²) >= 11 is 0. The highest BCUT2D eigenvalue weighted by molar-refractivity contribution is 5.94. The van der Waals surface area contributed by atoms with Gasteiger partial charge in [0.2, 0.25) is 0 Å². The third-order valence-corrected chi connectivity index (χ3v) is 5.06. The molecule has 2 heterocycles. The molecule has 0 saturated carbocycles. The number of carbonyl (C=O) groups is 1. The molecule has 1 aromatic rings. The molecule has 0 unspecified atom stereocenters. The Kier molecular flexibility index (Phi) is 5.71.